The molecule has 0 unspecified atom stereocenters. The molecule has 0 saturated heterocycles. The van der Waals surface area contributed by atoms with Gasteiger partial charge in [0, 0.05) is 23.3 Å². The summed E-state index contributed by atoms with van der Waals surface area (Å²) in [5.74, 6) is -3.36. The summed E-state index contributed by atoms with van der Waals surface area (Å²) in [4.78, 5) is 42.3. The van der Waals surface area contributed by atoms with E-state index in [1.54, 1.807) is 27.7 Å². The highest BCUT2D eigenvalue weighted by atomic mass is 16.5. The standard InChI is InChI=1S/2C8H12O4/c1-3-11-7(9)5-6-8(10)12-4-2;1-3-5(7(9)10)6(4-2)8(11)12/h5-6H,3-4H2,1-2H3;3-4H2,1-2H3,(H,9,10)(H,11,12)/b2*6-5-. The number of carbonyl (C=O) groups excluding carboxylic acids is 2. The summed E-state index contributed by atoms with van der Waals surface area (Å²) in [6.07, 6.45) is 2.57. The van der Waals surface area contributed by atoms with Crippen LogP contribution in [0, 0.1) is 0 Å². The molecule has 0 rings (SSSR count). The van der Waals surface area contributed by atoms with Gasteiger partial charge in [0.1, 0.15) is 0 Å². The summed E-state index contributed by atoms with van der Waals surface area (Å²) in [6, 6.07) is 0. The fourth-order valence-corrected chi connectivity index (χ4v) is 1.50. The number of carboxylic acid groups (broad SMARTS) is 2. The van der Waals surface area contributed by atoms with Gasteiger partial charge in [0.2, 0.25) is 0 Å². The van der Waals surface area contributed by atoms with Crippen molar-refractivity contribution in [3.8, 4) is 0 Å². The third-order valence-electron chi connectivity index (χ3n) is 2.52. The van der Waals surface area contributed by atoms with Crippen molar-refractivity contribution in [2.45, 2.75) is 40.5 Å². The minimum absolute atomic E-state index is 0.00926. The molecule has 0 aromatic carbocycles. The molecule has 24 heavy (non-hydrogen) atoms. The van der Waals surface area contributed by atoms with Gasteiger partial charge in [-0.25, -0.2) is 19.2 Å². The van der Waals surface area contributed by atoms with Crippen molar-refractivity contribution in [2.24, 2.45) is 0 Å². The maximum atomic E-state index is 10.6. The normalized spacial score (nSPS) is 11.0. The van der Waals surface area contributed by atoms with Crippen LogP contribution >= 0.6 is 0 Å². The van der Waals surface area contributed by atoms with Crippen molar-refractivity contribution >= 4 is 23.9 Å². The monoisotopic (exact) mass is 344 g/mol. The van der Waals surface area contributed by atoms with Gasteiger partial charge < -0.3 is 19.7 Å². The second-order valence-corrected chi connectivity index (χ2v) is 4.11. The average molecular weight is 344 g/mol. The van der Waals surface area contributed by atoms with E-state index in [9.17, 15) is 19.2 Å². The fraction of sp³-hybridized carbons (Fsp3) is 0.500. The van der Waals surface area contributed by atoms with Crippen molar-refractivity contribution < 1.29 is 38.9 Å². The van der Waals surface area contributed by atoms with Crippen molar-refractivity contribution in [2.75, 3.05) is 13.2 Å². The Bertz CT molecular complexity index is 458. The molecule has 0 bridgehead atoms. The van der Waals surface area contributed by atoms with Gasteiger partial charge in [-0.1, -0.05) is 13.8 Å². The molecule has 2 N–H and O–H groups in total. The van der Waals surface area contributed by atoms with E-state index in [4.69, 9.17) is 10.2 Å². The first kappa shape index (κ1) is 23.6. The van der Waals surface area contributed by atoms with Crippen LogP contribution in [-0.2, 0) is 28.7 Å². The lowest BCUT2D eigenvalue weighted by molar-refractivity contribution is -0.140. The SMILES string of the molecule is CC/C(C(=O)O)=C(\CC)C(=O)O.CCOC(=O)/C=C\C(=O)OCC. The lowest BCUT2D eigenvalue weighted by atomic mass is 10.0. The molecule has 0 aromatic rings. The first-order valence-electron chi connectivity index (χ1n) is 7.45. The molecule has 0 amide bonds. The predicted octanol–water partition coefficient (Wildman–Crippen LogP) is 1.94. The van der Waals surface area contributed by atoms with Gasteiger partial charge in [-0.2, -0.15) is 0 Å². The van der Waals surface area contributed by atoms with Crippen LogP contribution in [0.1, 0.15) is 40.5 Å². The predicted molar refractivity (Wildman–Crippen MR) is 85.3 cm³/mol. The number of rotatable bonds is 8. The van der Waals surface area contributed by atoms with Gasteiger partial charge in [0.25, 0.3) is 0 Å². The molecule has 0 heterocycles. The highest BCUT2D eigenvalue weighted by Gasteiger charge is 2.16. The molecule has 0 radical (unpaired) electrons. The van der Waals surface area contributed by atoms with E-state index >= 15 is 0 Å². The molecule has 0 aliphatic rings. The second kappa shape index (κ2) is 14.0. The maximum Gasteiger partial charge on any atom is 0.332 e. The van der Waals surface area contributed by atoms with Gasteiger partial charge >= 0.3 is 23.9 Å². The van der Waals surface area contributed by atoms with Gasteiger partial charge in [-0.05, 0) is 26.7 Å². The Kier molecular flexibility index (Phi) is 13.8. The summed E-state index contributed by atoms with van der Waals surface area (Å²) in [6.45, 7) is 7.23. The number of esters is 2. The third kappa shape index (κ3) is 11.0. The van der Waals surface area contributed by atoms with E-state index in [2.05, 4.69) is 9.47 Å². The van der Waals surface area contributed by atoms with Gasteiger partial charge in [-0.3, -0.25) is 0 Å². The van der Waals surface area contributed by atoms with Crippen molar-refractivity contribution in [1.29, 1.82) is 0 Å². The van der Waals surface area contributed by atoms with Gasteiger partial charge in [0.05, 0.1) is 13.2 Å². The Labute approximate surface area is 140 Å². The van der Waals surface area contributed by atoms with Crippen LogP contribution in [0.25, 0.3) is 0 Å². The Morgan fingerprint density at radius 1 is 0.708 bits per heavy atom. The fourth-order valence-electron chi connectivity index (χ4n) is 1.50. The molecule has 0 aliphatic heterocycles. The van der Waals surface area contributed by atoms with Gasteiger partial charge in [-0.15, -0.1) is 0 Å². The number of hydrogen-bond acceptors (Lipinski definition) is 6. The Hall–Kier alpha value is -2.64. The molecule has 8 heteroatoms. The summed E-state index contributed by atoms with van der Waals surface area (Å²) in [5, 5.41) is 17.2. The highest BCUT2D eigenvalue weighted by Crippen LogP contribution is 2.12. The van der Waals surface area contributed by atoms with Crippen LogP contribution in [0.4, 0.5) is 0 Å². The first-order valence-corrected chi connectivity index (χ1v) is 7.45. The van der Waals surface area contributed by atoms with E-state index in [0.717, 1.165) is 12.2 Å². The largest absolute Gasteiger partial charge is 0.478 e. The van der Waals surface area contributed by atoms with E-state index in [0.29, 0.717) is 13.2 Å². The number of carboxylic acids is 2. The molecular formula is C16H24O8. The molecule has 8 nitrogen and oxygen atoms in total. The zero-order chi connectivity index (χ0) is 19.1. The molecule has 0 saturated carbocycles. The van der Waals surface area contributed by atoms with Crippen LogP contribution in [0.2, 0.25) is 0 Å². The molecule has 0 fully saturated rings. The van der Waals surface area contributed by atoms with Crippen molar-refractivity contribution in [1.82, 2.24) is 0 Å². The van der Waals surface area contributed by atoms with Crippen molar-refractivity contribution in [3.05, 3.63) is 23.3 Å². The van der Waals surface area contributed by atoms with E-state index in [-0.39, 0.29) is 24.0 Å². The Morgan fingerprint density at radius 2 is 1.00 bits per heavy atom. The zero-order valence-corrected chi connectivity index (χ0v) is 14.3. The lowest BCUT2D eigenvalue weighted by Crippen LogP contribution is -2.10. The average Bonchev–Trinajstić information content (AvgIpc) is 2.51. The zero-order valence-electron chi connectivity index (χ0n) is 14.3. The molecule has 0 aliphatic carbocycles. The third-order valence-corrected chi connectivity index (χ3v) is 2.52. The van der Waals surface area contributed by atoms with E-state index in [1.165, 1.54) is 0 Å². The Morgan fingerprint density at radius 3 is 1.17 bits per heavy atom. The summed E-state index contributed by atoms with van der Waals surface area (Å²) >= 11 is 0. The molecule has 136 valence electrons. The summed E-state index contributed by atoms with van der Waals surface area (Å²) in [7, 11) is 0. The minimum atomic E-state index is -1.14. The topological polar surface area (TPSA) is 127 Å². The number of carbonyl (C=O) groups is 4. The van der Waals surface area contributed by atoms with Crippen LogP contribution in [0.3, 0.4) is 0 Å². The van der Waals surface area contributed by atoms with Crippen LogP contribution in [-0.4, -0.2) is 47.3 Å². The molecule has 0 atom stereocenters. The number of aliphatic carboxylic acids is 2. The van der Waals surface area contributed by atoms with E-state index in [1.807, 2.05) is 0 Å². The molecule has 0 aromatic heterocycles. The smallest absolute Gasteiger partial charge is 0.332 e. The molecular weight excluding hydrogens is 320 g/mol. The van der Waals surface area contributed by atoms with Crippen LogP contribution < -0.4 is 0 Å². The summed E-state index contributed by atoms with van der Waals surface area (Å²) in [5.41, 5.74) is -0.0185. The minimum Gasteiger partial charge on any atom is -0.478 e. The molecule has 0 spiro atoms. The van der Waals surface area contributed by atoms with Crippen LogP contribution in [0.5, 0.6) is 0 Å². The van der Waals surface area contributed by atoms with E-state index < -0.39 is 23.9 Å². The quantitative estimate of drug-likeness (QED) is 0.505. The number of ether oxygens (including phenoxy) is 2. The number of hydrogen-bond donors (Lipinski definition) is 2. The van der Waals surface area contributed by atoms with Crippen LogP contribution in [0.15, 0.2) is 23.3 Å². The van der Waals surface area contributed by atoms with Gasteiger partial charge in [0.15, 0.2) is 0 Å². The summed E-state index contributed by atoms with van der Waals surface area (Å²) < 4.78 is 9.07. The lowest BCUT2D eigenvalue weighted by Gasteiger charge is -2.03. The first-order chi connectivity index (χ1) is 11.2. The van der Waals surface area contributed by atoms with Crippen molar-refractivity contribution in [3.63, 3.8) is 0 Å². The Balaban J connectivity index is 0. The maximum absolute atomic E-state index is 10.6. The highest BCUT2D eigenvalue weighted by molar-refractivity contribution is 5.98. The second-order valence-electron chi connectivity index (χ2n) is 4.11.